The van der Waals surface area contributed by atoms with Crippen LogP contribution in [0, 0.1) is 6.92 Å². The summed E-state index contributed by atoms with van der Waals surface area (Å²) in [6, 6.07) is 5.62. The molecule has 112 valence electrons. The molecule has 0 unspecified atom stereocenters. The summed E-state index contributed by atoms with van der Waals surface area (Å²) in [7, 11) is 4.94. The van der Waals surface area contributed by atoms with Crippen molar-refractivity contribution in [3.05, 3.63) is 41.3 Å². The van der Waals surface area contributed by atoms with Crippen LogP contribution in [0.15, 0.2) is 24.4 Å². The SMILES string of the molecule is COc1ccnc(OC)c1C(=O)NCc1ccc(C)n1C. The van der Waals surface area contributed by atoms with Crippen molar-refractivity contribution in [2.75, 3.05) is 14.2 Å². The number of ether oxygens (including phenoxy) is 2. The number of nitrogens with zero attached hydrogens (tertiary/aromatic N) is 2. The molecule has 1 amide bonds. The van der Waals surface area contributed by atoms with Gasteiger partial charge in [0, 0.05) is 24.6 Å². The lowest BCUT2D eigenvalue weighted by Crippen LogP contribution is -2.25. The maximum atomic E-state index is 12.4. The van der Waals surface area contributed by atoms with Gasteiger partial charge in [0.15, 0.2) is 0 Å². The van der Waals surface area contributed by atoms with Gasteiger partial charge in [0.25, 0.3) is 5.91 Å². The fraction of sp³-hybridized carbons (Fsp3) is 0.333. The minimum Gasteiger partial charge on any atom is -0.496 e. The summed E-state index contributed by atoms with van der Waals surface area (Å²) < 4.78 is 12.4. The largest absolute Gasteiger partial charge is 0.496 e. The molecule has 6 nitrogen and oxygen atoms in total. The third-order valence-corrected chi connectivity index (χ3v) is 3.43. The molecule has 0 saturated carbocycles. The molecule has 0 aromatic carbocycles. The number of carbonyl (C=O) groups is 1. The first kappa shape index (κ1) is 14.9. The summed E-state index contributed by atoms with van der Waals surface area (Å²) in [6.07, 6.45) is 1.54. The van der Waals surface area contributed by atoms with Gasteiger partial charge in [-0.25, -0.2) is 4.98 Å². The van der Waals surface area contributed by atoms with Crippen LogP contribution in [-0.2, 0) is 13.6 Å². The van der Waals surface area contributed by atoms with Crippen LogP contribution in [-0.4, -0.2) is 29.7 Å². The highest BCUT2D eigenvalue weighted by atomic mass is 16.5. The number of hydrogen-bond donors (Lipinski definition) is 1. The van der Waals surface area contributed by atoms with Gasteiger partial charge in [-0.1, -0.05) is 0 Å². The zero-order chi connectivity index (χ0) is 15.4. The first-order valence-corrected chi connectivity index (χ1v) is 6.54. The summed E-state index contributed by atoms with van der Waals surface area (Å²) in [4.78, 5) is 16.4. The maximum absolute atomic E-state index is 12.4. The zero-order valence-corrected chi connectivity index (χ0v) is 12.6. The molecule has 1 N–H and O–H groups in total. The molecule has 2 aromatic rings. The van der Waals surface area contributed by atoms with E-state index in [0.717, 1.165) is 11.4 Å². The molecule has 6 heteroatoms. The van der Waals surface area contributed by atoms with Crippen LogP contribution in [0.5, 0.6) is 11.6 Å². The van der Waals surface area contributed by atoms with Crippen molar-refractivity contribution in [3.8, 4) is 11.6 Å². The summed E-state index contributed by atoms with van der Waals surface area (Å²) in [6.45, 7) is 2.43. The van der Waals surface area contributed by atoms with Gasteiger partial charge in [0.2, 0.25) is 5.88 Å². The number of pyridine rings is 1. The van der Waals surface area contributed by atoms with Crippen LogP contribution in [0.4, 0.5) is 0 Å². The van der Waals surface area contributed by atoms with Crippen molar-refractivity contribution < 1.29 is 14.3 Å². The topological polar surface area (TPSA) is 65.4 Å². The molecule has 2 heterocycles. The van der Waals surface area contributed by atoms with Crippen LogP contribution >= 0.6 is 0 Å². The van der Waals surface area contributed by atoms with Crippen LogP contribution in [0.3, 0.4) is 0 Å². The van der Waals surface area contributed by atoms with E-state index in [1.807, 2.05) is 30.7 Å². The van der Waals surface area contributed by atoms with Crippen LogP contribution < -0.4 is 14.8 Å². The minimum atomic E-state index is -0.282. The number of carbonyl (C=O) groups excluding carboxylic acids is 1. The Morgan fingerprint density at radius 2 is 2.05 bits per heavy atom. The standard InChI is InChI=1S/C15H19N3O3/c1-10-5-6-11(18(10)2)9-17-14(19)13-12(20-3)7-8-16-15(13)21-4/h5-8H,9H2,1-4H3,(H,17,19). The molecule has 0 spiro atoms. The van der Waals surface area contributed by atoms with E-state index in [2.05, 4.69) is 10.3 Å². The molecule has 0 radical (unpaired) electrons. The molecule has 0 atom stereocenters. The molecule has 0 aliphatic rings. The predicted molar refractivity (Wildman–Crippen MR) is 78.7 cm³/mol. The monoisotopic (exact) mass is 289 g/mol. The second kappa shape index (κ2) is 6.30. The lowest BCUT2D eigenvalue weighted by atomic mass is 10.2. The molecule has 0 saturated heterocycles. The first-order valence-electron chi connectivity index (χ1n) is 6.54. The van der Waals surface area contributed by atoms with E-state index < -0.39 is 0 Å². The molecule has 0 aliphatic heterocycles. The Morgan fingerprint density at radius 3 is 2.62 bits per heavy atom. The van der Waals surface area contributed by atoms with Gasteiger partial charge in [0.05, 0.1) is 20.8 Å². The summed E-state index contributed by atoms with van der Waals surface area (Å²) >= 11 is 0. The van der Waals surface area contributed by atoms with Crippen molar-refractivity contribution >= 4 is 5.91 Å². The third kappa shape index (κ3) is 2.99. The fourth-order valence-corrected chi connectivity index (χ4v) is 2.06. The molecule has 2 rings (SSSR count). The highest BCUT2D eigenvalue weighted by Gasteiger charge is 2.19. The number of amides is 1. The van der Waals surface area contributed by atoms with E-state index in [0.29, 0.717) is 17.9 Å². The average Bonchev–Trinajstić information content (AvgIpc) is 2.83. The van der Waals surface area contributed by atoms with Gasteiger partial charge in [-0.05, 0) is 25.1 Å². The molecule has 0 fully saturated rings. The van der Waals surface area contributed by atoms with E-state index in [1.165, 1.54) is 20.4 Å². The molecular formula is C15H19N3O3. The second-order valence-electron chi connectivity index (χ2n) is 4.61. The highest BCUT2D eigenvalue weighted by molar-refractivity contribution is 5.99. The Labute approximate surface area is 123 Å². The Hall–Kier alpha value is -2.50. The number of hydrogen-bond acceptors (Lipinski definition) is 4. The lowest BCUT2D eigenvalue weighted by molar-refractivity contribution is 0.0943. The number of nitrogens with one attached hydrogen (secondary N) is 1. The van der Waals surface area contributed by atoms with Crippen LogP contribution in [0.1, 0.15) is 21.7 Å². The Balaban J connectivity index is 2.19. The predicted octanol–water partition coefficient (Wildman–Crippen LogP) is 1.68. The Bertz CT molecular complexity index is 627. The zero-order valence-electron chi connectivity index (χ0n) is 12.6. The van der Waals surface area contributed by atoms with Gasteiger partial charge in [-0.15, -0.1) is 0 Å². The molecule has 2 aromatic heterocycles. The van der Waals surface area contributed by atoms with Gasteiger partial charge in [-0.3, -0.25) is 4.79 Å². The second-order valence-corrected chi connectivity index (χ2v) is 4.61. The summed E-state index contributed by atoms with van der Waals surface area (Å²) in [5.41, 5.74) is 2.45. The van der Waals surface area contributed by atoms with Gasteiger partial charge in [-0.2, -0.15) is 0 Å². The number of aromatic nitrogens is 2. The van der Waals surface area contributed by atoms with Gasteiger partial charge >= 0.3 is 0 Å². The Kier molecular flexibility index (Phi) is 4.47. The first-order chi connectivity index (χ1) is 10.1. The third-order valence-electron chi connectivity index (χ3n) is 3.43. The number of rotatable bonds is 5. The maximum Gasteiger partial charge on any atom is 0.260 e. The van der Waals surface area contributed by atoms with E-state index in [-0.39, 0.29) is 11.8 Å². The van der Waals surface area contributed by atoms with E-state index >= 15 is 0 Å². The highest BCUT2D eigenvalue weighted by Crippen LogP contribution is 2.25. The molecule has 21 heavy (non-hydrogen) atoms. The van der Waals surface area contributed by atoms with Crippen LogP contribution in [0.2, 0.25) is 0 Å². The van der Waals surface area contributed by atoms with Crippen molar-refractivity contribution in [2.45, 2.75) is 13.5 Å². The van der Waals surface area contributed by atoms with Crippen molar-refractivity contribution in [3.63, 3.8) is 0 Å². The molecule has 0 bridgehead atoms. The lowest BCUT2D eigenvalue weighted by Gasteiger charge is -2.12. The normalized spacial score (nSPS) is 10.3. The smallest absolute Gasteiger partial charge is 0.260 e. The summed E-state index contributed by atoms with van der Waals surface area (Å²) in [5, 5.41) is 2.86. The van der Waals surface area contributed by atoms with Crippen LogP contribution in [0.25, 0.3) is 0 Å². The molecular weight excluding hydrogens is 270 g/mol. The quantitative estimate of drug-likeness (QED) is 0.909. The number of methoxy groups -OCH3 is 2. The van der Waals surface area contributed by atoms with Crippen molar-refractivity contribution in [2.24, 2.45) is 7.05 Å². The van der Waals surface area contributed by atoms with Gasteiger partial charge in [0.1, 0.15) is 11.3 Å². The van der Waals surface area contributed by atoms with Gasteiger partial charge < -0.3 is 19.4 Å². The fourth-order valence-electron chi connectivity index (χ4n) is 2.06. The van der Waals surface area contributed by atoms with E-state index in [1.54, 1.807) is 6.07 Å². The Morgan fingerprint density at radius 1 is 1.29 bits per heavy atom. The van der Waals surface area contributed by atoms with E-state index in [9.17, 15) is 4.79 Å². The van der Waals surface area contributed by atoms with Crippen molar-refractivity contribution in [1.29, 1.82) is 0 Å². The van der Waals surface area contributed by atoms with E-state index in [4.69, 9.17) is 9.47 Å². The summed E-state index contributed by atoms with van der Waals surface area (Å²) in [5.74, 6) is 0.396. The average molecular weight is 289 g/mol. The van der Waals surface area contributed by atoms with Crippen molar-refractivity contribution in [1.82, 2.24) is 14.9 Å². The number of aryl methyl sites for hydroxylation is 1. The minimum absolute atomic E-state index is 0.245. The molecule has 0 aliphatic carbocycles.